The standard InChI is InChI=1S/C11H14N4/c1-2-7-13-10-3-5-11(6-4-10)15-9-12-8-14-15/h3-6,8-9,13H,2,7H2,1H3. The normalized spacial score (nSPS) is 10.2. The van der Waals surface area contributed by atoms with Gasteiger partial charge in [0.2, 0.25) is 0 Å². The number of anilines is 1. The molecule has 1 aromatic carbocycles. The molecule has 4 heteroatoms. The van der Waals surface area contributed by atoms with Crippen molar-refractivity contribution in [1.29, 1.82) is 0 Å². The maximum absolute atomic E-state index is 4.06. The molecule has 0 amide bonds. The minimum atomic E-state index is 1.00. The van der Waals surface area contributed by atoms with Crippen LogP contribution in [-0.4, -0.2) is 21.3 Å². The Morgan fingerprint density at radius 2 is 2.07 bits per heavy atom. The fourth-order valence-corrected chi connectivity index (χ4v) is 1.34. The van der Waals surface area contributed by atoms with Crippen LogP contribution >= 0.6 is 0 Å². The molecule has 15 heavy (non-hydrogen) atoms. The smallest absolute Gasteiger partial charge is 0.138 e. The Hall–Kier alpha value is -1.84. The summed E-state index contributed by atoms with van der Waals surface area (Å²) in [5.41, 5.74) is 2.16. The van der Waals surface area contributed by atoms with Gasteiger partial charge in [-0.1, -0.05) is 6.92 Å². The van der Waals surface area contributed by atoms with E-state index < -0.39 is 0 Å². The van der Waals surface area contributed by atoms with Crippen LogP contribution < -0.4 is 5.32 Å². The van der Waals surface area contributed by atoms with Crippen LogP contribution in [-0.2, 0) is 0 Å². The summed E-state index contributed by atoms with van der Waals surface area (Å²) in [4.78, 5) is 3.91. The number of hydrogen-bond donors (Lipinski definition) is 1. The second-order valence-electron chi connectivity index (χ2n) is 3.31. The van der Waals surface area contributed by atoms with E-state index in [1.807, 2.05) is 24.3 Å². The third kappa shape index (κ3) is 2.34. The summed E-state index contributed by atoms with van der Waals surface area (Å²) in [5, 5.41) is 7.38. The van der Waals surface area contributed by atoms with Crippen molar-refractivity contribution in [2.45, 2.75) is 13.3 Å². The molecule has 0 unspecified atom stereocenters. The second kappa shape index (κ2) is 4.59. The molecular formula is C11H14N4. The van der Waals surface area contributed by atoms with Crippen LogP contribution in [0.5, 0.6) is 0 Å². The first-order chi connectivity index (χ1) is 7.40. The maximum atomic E-state index is 4.06. The number of aromatic nitrogens is 3. The molecular weight excluding hydrogens is 188 g/mol. The van der Waals surface area contributed by atoms with Crippen molar-refractivity contribution in [3.05, 3.63) is 36.9 Å². The van der Waals surface area contributed by atoms with E-state index in [-0.39, 0.29) is 0 Å². The van der Waals surface area contributed by atoms with E-state index in [1.54, 1.807) is 11.0 Å². The number of nitrogens with zero attached hydrogens (tertiary/aromatic N) is 3. The molecule has 4 nitrogen and oxygen atoms in total. The van der Waals surface area contributed by atoms with E-state index in [0.717, 1.165) is 24.3 Å². The third-order valence-corrected chi connectivity index (χ3v) is 2.13. The molecule has 78 valence electrons. The Balaban J connectivity index is 2.11. The van der Waals surface area contributed by atoms with Gasteiger partial charge in [0.1, 0.15) is 12.7 Å². The van der Waals surface area contributed by atoms with Gasteiger partial charge in [0.05, 0.1) is 5.69 Å². The van der Waals surface area contributed by atoms with Crippen molar-refractivity contribution in [2.75, 3.05) is 11.9 Å². The Kier molecular flexibility index (Phi) is 2.97. The van der Waals surface area contributed by atoms with Crippen LogP contribution in [0.1, 0.15) is 13.3 Å². The summed E-state index contributed by atoms with van der Waals surface area (Å²) in [6.07, 6.45) is 4.35. The summed E-state index contributed by atoms with van der Waals surface area (Å²) < 4.78 is 1.74. The molecule has 0 aliphatic rings. The van der Waals surface area contributed by atoms with Gasteiger partial charge < -0.3 is 5.32 Å². The highest BCUT2D eigenvalue weighted by molar-refractivity contribution is 5.48. The number of nitrogens with one attached hydrogen (secondary N) is 1. The predicted molar refractivity (Wildman–Crippen MR) is 60.1 cm³/mol. The van der Waals surface area contributed by atoms with E-state index in [1.165, 1.54) is 6.33 Å². The zero-order chi connectivity index (χ0) is 10.5. The Morgan fingerprint density at radius 3 is 2.67 bits per heavy atom. The monoisotopic (exact) mass is 202 g/mol. The lowest BCUT2D eigenvalue weighted by atomic mass is 10.3. The Morgan fingerprint density at radius 1 is 1.27 bits per heavy atom. The molecule has 2 aromatic rings. The summed E-state index contributed by atoms with van der Waals surface area (Å²) in [6.45, 7) is 3.15. The Bertz CT molecular complexity index is 391. The van der Waals surface area contributed by atoms with E-state index in [2.05, 4.69) is 22.3 Å². The summed E-state index contributed by atoms with van der Waals surface area (Å²) in [5.74, 6) is 0. The van der Waals surface area contributed by atoms with E-state index in [4.69, 9.17) is 0 Å². The molecule has 1 aromatic heterocycles. The zero-order valence-corrected chi connectivity index (χ0v) is 8.72. The quantitative estimate of drug-likeness (QED) is 0.825. The van der Waals surface area contributed by atoms with Crippen molar-refractivity contribution in [3.63, 3.8) is 0 Å². The lowest BCUT2D eigenvalue weighted by molar-refractivity contribution is 0.879. The minimum Gasteiger partial charge on any atom is -0.385 e. The SMILES string of the molecule is CCCNc1ccc(-n2cncn2)cc1. The molecule has 0 aliphatic heterocycles. The fraction of sp³-hybridized carbons (Fsp3) is 0.273. The zero-order valence-electron chi connectivity index (χ0n) is 8.72. The molecule has 0 bridgehead atoms. The predicted octanol–water partition coefficient (Wildman–Crippen LogP) is 2.09. The molecule has 1 heterocycles. The van der Waals surface area contributed by atoms with Gasteiger partial charge in [-0.3, -0.25) is 0 Å². The molecule has 0 spiro atoms. The number of benzene rings is 1. The van der Waals surface area contributed by atoms with E-state index >= 15 is 0 Å². The molecule has 0 radical (unpaired) electrons. The summed E-state index contributed by atoms with van der Waals surface area (Å²) in [6, 6.07) is 8.14. The number of hydrogen-bond acceptors (Lipinski definition) is 3. The van der Waals surface area contributed by atoms with Crippen LogP contribution in [0.15, 0.2) is 36.9 Å². The highest BCUT2D eigenvalue weighted by atomic mass is 15.3. The topological polar surface area (TPSA) is 42.7 Å². The van der Waals surface area contributed by atoms with Gasteiger partial charge in [0.25, 0.3) is 0 Å². The average Bonchev–Trinajstić information content (AvgIpc) is 2.80. The molecule has 0 atom stereocenters. The van der Waals surface area contributed by atoms with Crippen LogP contribution in [0.25, 0.3) is 5.69 Å². The van der Waals surface area contributed by atoms with Gasteiger partial charge in [-0.15, -0.1) is 0 Å². The van der Waals surface area contributed by atoms with Crippen molar-refractivity contribution < 1.29 is 0 Å². The number of rotatable bonds is 4. The minimum absolute atomic E-state index is 1.00. The van der Waals surface area contributed by atoms with Gasteiger partial charge in [-0.2, -0.15) is 5.10 Å². The molecule has 0 fully saturated rings. The molecule has 1 N–H and O–H groups in total. The van der Waals surface area contributed by atoms with Crippen LogP contribution in [0.3, 0.4) is 0 Å². The van der Waals surface area contributed by atoms with Crippen molar-refractivity contribution in [3.8, 4) is 5.69 Å². The first-order valence-corrected chi connectivity index (χ1v) is 5.09. The van der Waals surface area contributed by atoms with Gasteiger partial charge in [0, 0.05) is 12.2 Å². The van der Waals surface area contributed by atoms with E-state index in [9.17, 15) is 0 Å². The van der Waals surface area contributed by atoms with Crippen molar-refractivity contribution in [1.82, 2.24) is 14.8 Å². The van der Waals surface area contributed by atoms with Crippen LogP contribution in [0, 0.1) is 0 Å². The highest BCUT2D eigenvalue weighted by Gasteiger charge is 1.96. The Labute approximate surface area is 89.0 Å². The van der Waals surface area contributed by atoms with Crippen LogP contribution in [0.4, 0.5) is 5.69 Å². The van der Waals surface area contributed by atoms with Gasteiger partial charge in [-0.05, 0) is 30.7 Å². The first-order valence-electron chi connectivity index (χ1n) is 5.09. The fourth-order valence-electron chi connectivity index (χ4n) is 1.34. The summed E-state index contributed by atoms with van der Waals surface area (Å²) >= 11 is 0. The van der Waals surface area contributed by atoms with Crippen molar-refractivity contribution in [2.24, 2.45) is 0 Å². The first kappa shape index (κ1) is 9.71. The van der Waals surface area contributed by atoms with Crippen LogP contribution in [0.2, 0.25) is 0 Å². The van der Waals surface area contributed by atoms with Gasteiger partial charge in [0.15, 0.2) is 0 Å². The van der Waals surface area contributed by atoms with Gasteiger partial charge >= 0.3 is 0 Å². The maximum Gasteiger partial charge on any atom is 0.138 e. The third-order valence-electron chi connectivity index (χ3n) is 2.13. The van der Waals surface area contributed by atoms with E-state index in [0.29, 0.717) is 0 Å². The molecule has 0 saturated carbocycles. The molecule has 0 aliphatic carbocycles. The van der Waals surface area contributed by atoms with Gasteiger partial charge in [-0.25, -0.2) is 9.67 Å². The summed E-state index contributed by atoms with van der Waals surface area (Å²) in [7, 11) is 0. The largest absolute Gasteiger partial charge is 0.385 e. The second-order valence-corrected chi connectivity index (χ2v) is 3.31. The average molecular weight is 202 g/mol. The molecule has 2 rings (SSSR count). The lowest BCUT2D eigenvalue weighted by Crippen LogP contribution is -2.00. The lowest BCUT2D eigenvalue weighted by Gasteiger charge is -2.05. The molecule has 0 saturated heterocycles. The van der Waals surface area contributed by atoms with Crippen molar-refractivity contribution >= 4 is 5.69 Å². The highest BCUT2D eigenvalue weighted by Crippen LogP contribution is 2.11.